The Hall–Kier alpha value is -1.19. The number of likely N-dealkylation sites (tertiary alicyclic amines) is 1. The van der Waals surface area contributed by atoms with E-state index in [-0.39, 0.29) is 0 Å². The molecule has 1 atom stereocenters. The van der Waals surface area contributed by atoms with Crippen molar-refractivity contribution >= 4 is 26.0 Å². The minimum absolute atomic E-state index is 0.623. The Morgan fingerprint density at radius 3 is 3.05 bits per heavy atom. The van der Waals surface area contributed by atoms with Crippen molar-refractivity contribution in [2.24, 2.45) is 5.10 Å². The van der Waals surface area contributed by atoms with Gasteiger partial charge in [0.25, 0.3) is 0 Å². The fourth-order valence-electron chi connectivity index (χ4n) is 2.52. The molecule has 1 aromatic rings. The Bertz CT molecular complexity index is 472. The molecule has 2 rings (SSSR count). The summed E-state index contributed by atoms with van der Waals surface area (Å²) in [6.07, 6.45) is 6.82. The summed E-state index contributed by atoms with van der Waals surface area (Å²) >= 11 is 3.12. The number of hydrazone groups is 1. The monoisotopic (exact) mass is 338 g/mol. The molecular formula is C15H22N4Se. The van der Waals surface area contributed by atoms with E-state index in [2.05, 4.69) is 42.9 Å². The molecule has 0 bridgehead atoms. The molecule has 1 saturated heterocycles. The number of pyridine rings is 1. The summed E-state index contributed by atoms with van der Waals surface area (Å²) in [5.41, 5.74) is 4.94. The quantitative estimate of drug-likeness (QED) is 0.507. The fourth-order valence-corrected chi connectivity index (χ4v) is 3.12. The maximum atomic E-state index is 4.43. The van der Waals surface area contributed by atoms with Gasteiger partial charge in [-0.2, -0.15) is 0 Å². The first-order valence-corrected chi connectivity index (χ1v) is 8.10. The topological polar surface area (TPSA) is 40.5 Å². The third kappa shape index (κ3) is 3.90. The molecule has 20 heavy (non-hydrogen) atoms. The van der Waals surface area contributed by atoms with Crippen molar-refractivity contribution < 1.29 is 0 Å². The molecule has 1 aliphatic rings. The molecule has 1 aliphatic heterocycles. The first-order chi connectivity index (χ1) is 9.72. The van der Waals surface area contributed by atoms with Crippen LogP contribution < -0.4 is 5.43 Å². The van der Waals surface area contributed by atoms with Crippen LogP contribution in [-0.4, -0.2) is 48.4 Å². The molecule has 0 radical (unpaired) electrons. The number of hydrogen-bond acceptors (Lipinski definition) is 4. The standard InChI is InChI=1S/C15H22N4Se/c1-3-13-8-5-7-11-19(13)15(20)18-17-12(2)14-9-4-6-10-16-14/h4,6,9-10,13H,3,5,7-8,11H2,1-2H3,(H,18,20). The van der Waals surface area contributed by atoms with E-state index in [0.29, 0.717) is 6.04 Å². The third-order valence-corrected chi connectivity index (χ3v) is 4.40. The van der Waals surface area contributed by atoms with Gasteiger partial charge < -0.3 is 0 Å². The molecular weight excluding hydrogens is 315 g/mol. The predicted molar refractivity (Wildman–Crippen MR) is 85.0 cm³/mol. The van der Waals surface area contributed by atoms with Crippen molar-refractivity contribution in [2.45, 2.75) is 45.6 Å². The summed E-state index contributed by atoms with van der Waals surface area (Å²) in [6, 6.07) is 6.48. The second-order valence-electron chi connectivity index (χ2n) is 5.08. The number of aromatic nitrogens is 1. The summed E-state index contributed by atoms with van der Waals surface area (Å²) in [5.74, 6) is 0. The van der Waals surface area contributed by atoms with E-state index in [0.717, 1.165) is 22.6 Å². The van der Waals surface area contributed by atoms with Gasteiger partial charge in [0.2, 0.25) is 0 Å². The van der Waals surface area contributed by atoms with Crippen molar-refractivity contribution in [3.8, 4) is 0 Å². The number of piperidine rings is 1. The molecule has 0 saturated carbocycles. The Labute approximate surface area is 129 Å². The zero-order valence-corrected chi connectivity index (χ0v) is 13.9. The number of hydrogen-bond donors (Lipinski definition) is 1. The van der Waals surface area contributed by atoms with E-state index >= 15 is 0 Å². The van der Waals surface area contributed by atoms with Crippen LogP contribution in [0, 0.1) is 0 Å². The van der Waals surface area contributed by atoms with Crippen LogP contribution in [0.3, 0.4) is 0 Å². The van der Waals surface area contributed by atoms with Crippen LogP contribution in [0.4, 0.5) is 0 Å². The molecule has 0 aliphatic carbocycles. The Balaban J connectivity index is 1.97. The second-order valence-corrected chi connectivity index (χ2v) is 5.89. The number of rotatable bonds is 5. The van der Waals surface area contributed by atoms with Gasteiger partial charge in [0.05, 0.1) is 0 Å². The van der Waals surface area contributed by atoms with Crippen LogP contribution >= 0.6 is 0 Å². The molecule has 1 aromatic heterocycles. The van der Waals surface area contributed by atoms with Crippen LogP contribution in [0.2, 0.25) is 0 Å². The van der Waals surface area contributed by atoms with Gasteiger partial charge in [-0.15, -0.1) is 0 Å². The van der Waals surface area contributed by atoms with E-state index in [1.165, 1.54) is 25.7 Å². The Morgan fingerprint density at radius 1 is 1.50 bits per heavy atom. The maximum absolute atomic E-state index is 4.43. The molecule has 108 valence electrons. The first-order valence-electron chi connectivity index (χ1n) is 7.24. The van der Waals surface area contributed by atoms with Gasteiger partial charge >= 0.3 is 129 Å². The average molecular weight is 337 g/mol. The zero-order valence-electron chi connectivity index (χ0n) is 12.2. The third-order valence-electron chi connectivity index (χ3n) is 3.71. The Kier molecular flexibility index (Phi) is 5.74. The van der Waals surface area contributed by atoms with Crippen LogP contribution in [0.5, 0.6) is 0 Å². The van der Waals surface area contributed by atoms with Crippen LogP contribution in [0.15, 0.2) is 29.5 Å². The van der Waals surface area contributed by atoms with Crippen molar-refractivity contribution in [1.82, 2.24) is 15.3 Å². The van der Waals surface area contributed by atoms with Gasteiger partial charge in [-0.05, 0) is 0 Å². The summed E-state index contributed by atoms with van der Waals surface area (Å²) in [7, 11) is 0. The SMILES string of the molecule is CCC1CCCCN1C(=[Se])NN=C(C)c1ccccn1. The van der Waals surface area contributed by atoms with Gasteiger partial charge in [-0.1, -0.05) is 0 Å². The van der Waals surface area contributed by atoms with E-state index in [9.17, 15) is 0 Å². The van der Waals surface area contributed by atoms with Gasteiger partial charge in [0.15, 0.2) is 0 Å². The van der Waals surface area contributed by atoms with E-state index in [1.54, 1.807) is 6.20 Å². The van der Waals surface area contributed by atoms with Gasteiger partial charge in [-0.25, -0.2) is 0 Å². The molecule has 0 amide bonds. The normalized spacial score (nSPS) is 19.8. The van der Waals surface area contributed by atoms with E-state index in [4.69, 9.17) is 0 Å². The molecule has 2 heterocycles. The molecule has 0 spiro atoms. The minimum atomic E-state index is 0.623. The summed E-state index contributed by atoms with van der Waals surface area (Å²) in [4.78, 5) is 6.70. The van der Waals surface area contributed by atoms with Crippen molar-refractivity contribution in [2.75, 3.05) is 6.54 Å². The van der Waals surface area contributed by atoms with Crippen molar-refractivity contribution in [1.29, 1.82) is 0 Å². The summed E-state index contributed by atoms with van der Waals surface area (Å²) in [6.45, 7) is 5.32. The molecule has 1 N–H and O–H groups in total. The molecule has 5 heteroatoms. The number of nitrogens with one attached hydrogen (secondary N) is 1. The van der Waals surface area contributed by atoms with E-state index in [1.807, 2.05) is 25.1 Å². The summed E-state index contributed by atoms with van der Waals surface area (Å²) in [5, 5.41) is 4.43. The number of nitrogens with zero attached hydrogens (tertiary/aromatic N) is 3. The van der Waals surface area contributed by atoms with Crippen molar-refractivity contribution in [3.05, 3.63) is 30.1 Å². The molecule has 0 aromatic carbocycles. The van der Waals surface area contributed by atoms with Gasteiger partial charge in [0.1, 0.15) is 0 Å². The van der Waals surface area contributed by atoms with Crippen LogP contribution in [0.1, 0.15) is 45.2 Å². The van der Waals surface area contributed by atoms with Gasteiger partial charge in [0, 0.05) is 0 Å². The fraction of sp³-hybridized carbons (Fsp3) is 0.533. The van der Waals surface area contributed by atoms with Crippen LogP contribution in [0.25, 0.3) is 0 Å². The zero-order chi connectivity index (χ0) is 14.4. The molecule has 1 fully saturated rings. The predicted octanol–water partition coefficient (Wildman–Crippen LogP) is 1.92. The molecule has 4 nitrogen and oxygen atoms in total. The summed E-state index contributed by atoms with van der Waals surface area (Å²) < 4.78 is 1.02. The van der Waals surface area contributed by atoms with E-state index < -0.39 is 0 Å². The first kappa shape index (κ1) is 15.2. The van der Waals surface area contributed by atoms with Gasteiger partial charge in [-0.3, -0.25) is 0 Å². The average Bonchev–Trinajstić information content (AvgIpc) is 2.53. The second kappa shape index (κ2) is 7.55. The van der Waals surface area contributed by atoms with Crippen molar-refractivity contribution in [3.63, 3.8) is 0 Å². The van der Waals surface area contributed by atoms with Crippen LogP contribution in [-0.2, 0) is 0 Å². The Morgan fingerprint density at radius 2 is 2.35 bits per heavy atom. The molecule has 1 unspecified atom stereocenters.